The van der Waals surface area contributed by atoms with Crippen LogP contribution < -0.4 is 16.0 Å². The summed E-state index contributed by atoms with van der Waals surface area (Å²) in [6.45, 7) is 4.28. The normalized spacial score (nSPS) is 14.8. The van der Waals surface area contributed by atoms with E-state index in [1.165, 1.54) is 12.3 Å². The molecule has 41 heavy (non-hydrogen) atoms. The number of aromatic nitrogens is 1. The number of likely N-dealkylation sites (tertiary alicyclic amines) is 1. The number of likely N-dealkylation sites (N-methyl/N-ethyl adjacent to an activating group) is 1. The van der Waals surface area contributed by atoms with Gasteiger partial charge in [-0.1, -0.05) is 24.0 Å². The van der Waals surface area contributed by atoms with Crippen LogP contribution in [0.5, 0.6) is 0 Å². The summed E-state index contributed by atoms with van der Waals surface area (Å²) in [5.74, 6) is 5.74. The Hall–Kier alpha value is -4.30. The smallest absolute Gasteiger partial charge is 0.320 e. The van der Waals surface area contributed by atoms with Crippen molar-refractivity contribution >= 4 is 23.4 Å². The highest BCUT2D eigenvalue weighted by atomic mass is 19.1. The van der Waals surface area contributed by atoms with E-state index in [-0.39, 0.29) is 24.9 Å². The van der Waals surface area contributed by atoms with Gasteiger partial charge in [0.1, 0.15) is 11.6 Å². The molecular formula is C31H35FN6O3. The number of aliphatic hydroxyl groups excluding tert-OH is 1. The number of anilines is 2. The lowest BCUT2D eigenvalue weighted by Crippen LogP contribution is -2.31. The van der Waals surface area contributed by atoms with E-state index in [0.717, 1.165) is 25.1 Å². The number of aryl methyl sites for hydroxylation is 1. The summed E-state index contributed by atoms with van der Waals surface area (Å²) in [7, 11) is 4.13. The van der Waals surface area contributed by atoms with Gasteiger partial charge in [-0.15, -0.1) is 0 Å². The minimum atomic E-state index is -0.463. The fourth-order valence-electron chi connectivity index (χ4n) is 4.48. The number of hydrogen-bond donors (Lipinski definition) is 4. The van der Waals surface area contributed by atoms with Gasteiger partial charge in [0.2, 0.25) is 0 Å². The van der Waals surface area contributed by atoms with Crippen LogP contribution in [0.1, 0.15) is 39.0 Å². The van der Waals surface area contributed by atoms with Gasteiger partial charge in [0.25, 0.3) is 5.91 Å². The number of aliphatic hydroxyl groups is 1. The van der Waals surface area contributed by atoms with Gasteiger partial charge >= 0.3 is 6.03 Å². The highest BCUT2D eigenvalue weighted by Gasteiger charge is 2.24. The molecule has 1 atom stereocenters. The predicted octanol–water partition coefficient (Wildman–Crippen LogP) is 3.43. The molecule has 0 spiro atoms. The molecule has 2 heterocycles. The Bertz CT molecular complexity index is 1450. The summed E-state index contributed by atoms with van der Waals surface area (Å²) in [6.07, 6.45) is 2.60. The van der Waals surface area contributed by atoms with E-state index < -0.39 is 6.03 Å². The van der Waals surface area contributed by atoms with Crippen LogP contribution in [-0.4, -0.2) is 78.2 Å². The number of rotatable bonds is 8. The maximum atomic E-state index is 14.9. The zero-order valence-corrected chi connectivity index (χ0v) is 23.5. The van der Waals surface area contributed by atoms with E-state index in [9.17, 15) is 14.0 Å². The molecule has 1 saturated heterocycles. The van der Waals surface area contributed by atoms with E-state index in [2.05, 4.69) is 56.7 Å². The second-order valence-electron chi connectivity index (χ2n) is 10.2. The molecule has 0 aliphatic carbocycles. The van der Waals surface area contributed by atoms with Crippen molar-refractivity contribution in [1.82, 2.24) is 20.1 Å². The van der Waals surface area contributed by atoms with Crippen molar-refractivity contribution < 1.29 is 19.1 Å². The number of benzene rings is 2. The Balaban J connectivity index is 1.38. The molecule has 0 saturated carbocycles. The summed E-state index contributed by atoms with van der Waals surface area (Å²) in [5.41, 5.74) is 3.60. The van der Waals surface area contributed by atoms with Crippen LogP contribution in [0, 0.1) is 24.6 Å². The van der Waals surface area contributed by atoms with Crippen molar-refractivity contribution in [1.29, 1.82) is 0 Å². The molecule has 3 amide bonds. The maximum Gasteiger partial charge on any atom is 0.320 e. The molecule has 1 aliphatic heterocycles. The number of amides is 3. The molecule has 4 rings (SSSR count). The lowest BCUT2D eigenvalue weighted by molar-refractivity contribution is 0.102. The van der Waals surface area contributed by atoms with Crippen LogP contribution in [-0.2, 0) is 6.54 Å². The lowest BCUT2D eigenvalue weighted by Gasteiger charge is -2.20. The zero-order valence-electron chi connectivity index (χ0n) is 23.5. The number of halogens is 1. The third-order valence-electron chi connectivity index (χ3n) is 6.93. The Morgan fingerprint density at radius 2 is 1.95 bits per heavy atom. The first kappa shape index (κ1) is 29.7. The van der Waals surface area contributed by atoms with E-state index >= 15 is 0 Å². The monoisotopic (exact) mass is 558 g/mol. The van der Waals surface area contributed by atoms with Crippen LogP contribution in [0.2, 0.25) is 0 Å². The molecule has 4 N–H and O–H groups in total. The van der Waals surface area contributed by atoms with Crippen molar-refractivity contribution in [2.24, 2.45) is 0 Å². The summed E-state index contributed by atoms with van der Waals surface area (Å²) in [5, 5.41) is 16.6. The maximum absolute atomic E-state index is 14.9. The Kier molecular flexibility index (Phi) is 10.0. The second kappa shape index (κ2) is 13.9. The minimum Gasteiger partial charge on any atom is -0.395 e. The molecule has 1 aromatic heterocycles. The van der Waals surface area contributed by atoms with Gasteiger partial charge in [-0.3, -0.25) is 15.0 Å². The summed E-state index contributed by atoms with van der Waals surface area (Å²) < 4.78 is 14.9. The standard InChI is InChI=1S/C31H35FN6O3/c1-21-4-7-24(16-23(21)8-5-22-6-11-29(34-18-22)36-31(41)33-13-15-39)30(40)35-26-10-9-25(28(32)17-26)19-38-14-12-27(20-38)37(2)3/h4,6-7,9-11,16-18,27,39H,12-15,19-20H2,1-3H3,(H,35,40)(H2,33,34,36,41). The molecule has 3 aromatic rings. The molecule has 1 aliphatic rings. The predicted molar refractivity (Wildman–Crippen MR) is 157 cm³/mol. The molecule has 0 radical (unpaired) electrons. The van der Waals surface area contributed by atoms with Crippen LogP contribution in [0.15, 0.2) is 54.7 Å². The van der Waals surface area contributed by atoms with Gasteiger partial charge in [0, 0.05) is 66.4 Å². The van der Waals surface area contributed by atoms with Crippen molar-refractivity contribution in [3.63, 3.8) is 0 Å². The van der Waals surface area contributed by atoms with Crippen LogP contribution in [0.3, 0.4) is 0 Å². The number of nitrogens with zero attached hydrogens (tertiary/aromatic N) is 3. The fraction of sp³-hybridized carbons (Fsp3) is 0.323. The summed E-state index contributed by atoms with van der Waals surface area (Å²) >= 11 is 0. The lowest BCUT2D eigenvalue weighted by atomic mass is 10.0. The molecule has 9 nitrogen and oxygen atoms in total. The van der Waals surface area contributed by atoms with E-state index in [1.54, 1.807) is 36.4 Å². The highest BCUT2D eigenvalue weighted by molar-refractivity contribution is 6.04. The molecule has 2 aromatic carbocycles. The molecule has 1 unspecified atom stereocenters. The molecule has 1 fully saturated rings. The quantitative estimate of drug-likeness (QED) is 0.316. The fourth-order valence-corrected chi connectivity index (χ4v) is 4.48. The SMILES string of the molecule is Cc1ccc(C(=O)Nc2ccc(CN3CCC(N(C)C)C3)c(F)c2)cc1C#Cc1ccc(NC(=O)NCCO)nc1. The molecule has 214 valence electrons. The highest BCUT2D eigenvalue weighted by Crippen LogP contribution is 2.21. The number of carbonyl (C=O) groups is 2. The Labute approximate surface area is 239 Å². The molecule has 0 bridgehead atoms. The van der Waals surface area contributed by atoms with Crippen molar-refractivity contribution in [3.8, 4) is 11.8 Å². The minimum absolute atomic E-state index is 0.145. The van der Waals surface area contributed by atoms with E-state index in [0.29, 0.717) is 46.3 Å². The van der Waals surface area contributed by atoms with Gasteiger partial charge in [-0.05, 0) is 69.4 Å². The average molecular weight is 559 g/mol. The number of pyridine rings is 1. The topological polar surface area (TPSA) is 110 Å². The first-order valence-electron chi connectivity index (χ1n) is 13.4. The van der Waals surface area contributed by atoms with Crippen LogP contribution in [0.4, 0.5) is 20.7 Å². The number of carbonyl (C=O) groups excluding carboxylic acids is 2. The van der Waals surface area contributed by atoms with Crippen molar-refractivity contribution in [2.75, 3.05) is 51.0 Å². The largest absolute Gasteiger partial charge is 0.395 e. The molecular weight excluding hydrogens is 523 g/mol. The average Bonchev–Trinajstić information content (AvgIpc) is 3.43. The second-order valence-corrected chi connectivity index (χ2v) is 10.2. The van der Waals surface area contributed by atoms with Gasteiger partial charge in [-0.25, -0.2) is 14.2 Å². The van der Waals surface area contributed by atoms with Gasteiger partial charge in [0.05, 0.1) is 6.61 Å². The third-order valence-corrected chi connectivity index (χ3v) is 6.93. The summed E-state index contributed by atoms with van der Waals surface area (Å²) in [4.78, 5) is 33.3. The summed E-state index contributed by atoms with van der Waals surface area (Å²) in [6, 6.07) is 13.4. The number of urea groups is 1. The number of nitrogens with one attached hydrogen (secondary N) is 3. The van der Waals surface area contributed by atoms with Crippen LogP contribution in [0.25, 0.3) is 0 Å². The first-order valence-corrected chi connectivity index (χ1v) is 13.4. The zero-order chi connectivity index (χ0) is 29.4. The van der Waals surface area contributed by atoms with Crippen molar-refractivity contribution in [3.05, 3.63) is 88.4 Å². The Morgan fingerprint density at radius 3 is 2.63 bits per heavy atom. The Morgan fingerprint density at radius 1 is 1.12 bits per heavy atom. The van der Waals surface area contributed by atoms with Crippen LogP contribution >= 0.6 is 0 Å². The first-order chi connectivity index (χ1) is 19.7. The van der Waals surface area contributed by atoms with Gasteiger partial charge < -0.3 is 20.6 Å². The van der Waals surface area contributed by atoms with Gasteiger partial charge in [0.15, 0.2) is 0 Å². The van der Waals surface area contributed by atoms with Gasteiger partial charge in [-0.2, -0.15) is 0 Å². The van der Waals surface area contributed by atoms with Crippen molar-refractivity contribution in [2.45, 2.75) is 25.9 Å². The van der Waals surface area contributed by atoms with E-state index in [1.807, 2.05) is 13.0 Å². The molecule has 10 heteroatoms. The third kappa shape index (κ3) is 8.35. The van der Waals surface area contributed by atoms with E-state index in [4.69, 9.17) is 5.11 Å². The number of hydrogen-bond acceptors (Lipinski definition) is 6.